The van der Waals surface area contributed by atoms with Gasteiger partial charge in [0.15, 0.2) is 5.78 Å². The first-order valence-electron chi connectivity index (χ1n) is 10.1. The lowest BCUT2D eigenvalue weighted by Gasteiger charge is -2.25. The van der Waals surface area contributed by atoms with Gasteiger partial charge in [-0.2, -0.15) is 4.98 Å². The van der Waals surface area contributed by atoms with Crippen molar-refractivity contribution >= 4 is 17.4 Å². The number of aromatic nitrogens is 2. The van der Waals surface area contributed by atoms with Crippen LogP contribution in [0.5, 0.6) is 5.88 Å². The highest BCUT2D eigenvalue weighted by molar-refractivity contribution is 6.30. The van der Waals surface area contributed by atoms with Gasteiger partial charge in [0, 0.05) is 28.6 Å². The van der Waals surface area contributed by atoms with Gasteiger partial charge in [-0.25, -0.2) is 0 Å². The van der Waals surface area contributed by atoms with Crippen LogP contribution in [0.3, 0.4) is 0 Å². The highest BCUT2D eigenvalue weighted by atomic mass is 35.5. The van der Waals surface area contributed by atoms with Gasteiger partial charge in [-0.15, -0.1) is 0 Å². The molecule has 0 bridgehead atoms. The van der Waals surface area contributed by atoms with E-state index in [9.17, 15) is 9.59 Å². The lowest BCUT2D eigenvalue weighted by Crippen LogP contribution is -2.32. The minimum absolute atomic E-state index is 0.0221. The van der Waals surface area contributed by atoms with E-state index in [1.54, 1.807) is 47.9 Å². The van der Waals surface area contributed by atoms with Crippen molar-refractivity contribution in [3.8, 4) is 5.88 Å². The lowest BCUT2D eigenvalue weighted by molar-refractivity contribution is 0.103. The van der Waals surface area contributed by atoms with E-state index < -0.39 is 0 Å². The molecule has 0 spiro atoms. The Morgan fingerprint density at radius 3 is 2.43 bits per heavy atom. The van der Waals surface area contributed by atoms with Gasteiger partial charge >= 0.3 is 0 Å². The molecule has 0 saturated carbocycles. The average Bonchev–Trinajstić information content (AvgIpc) is 2.75. The molecule has 30 heavy (non-hydrogen) atoms. The second-order valence-electron chi connectivity index (χ2n) is 7.70. The summed E-state index contributed by atoms with van der Waals surface area (Å²) in [6, 6.07) is 14.3. The zero-order valence-electron chi connectivity index (χ0n) is 17.0. The maximum atomic E-state index is 12.7. The summed E-state index contributed by atoms with van der Waals surface area (Å²) >= 11 is 5.88. The molecule has 1 aromatic heterocycles. The van der Waals surface area contributed by atoms with Gasteiger partial charge in [0.05, 0.1) is 5.56 Å². The number of ether oxygens (including phenoxy) is 1. The predicted octanol–water partition coefficient (Wildman–Crippen LogP) is 4.91. The van der Waals surface area contributed by atoms with E-state index in [1.807, 2.05) is 12.1 Å². The number of benzene rings is 2. The van der Waals surface area contributed by atoms with Crippen LogP contribution in [0.2, 0.25) is 5.02 Å². The van der Waals surface area contributed by atoms with Crippen molar-refractivity contribution < 1.29 is 9.53 Å². The molecule has 3 aromatic rings. The van der Waals surface area contributed by atoms with Crippen molar-refractivity contribution in [2.45, 2.75) is 45.8 Å². The Bertz CT molecular complexity index is 1130. The first-order valence-corrected chi connectivity index (χ1v) is 10.5. The molecular weight excluding hydrogens is 400 g/mol. The van der Waals surface area contributed by atoms with Gasteiger partial charge in [-0.3, -0.25) is 14.2 Å². The third-order valence-electron chi connectivity index (χ3n) is 5.53. The molecule has 0 aliphatic carbocycles. The molecule has 1 aliphatic heterocycles. The standard InChI is InChI=1S/C24H23ClN2O3/c1-15-4-3-5-21-26-23(16(2)24(29)27(15)21)30-14-17-6-8-18(9-7-17)22(28)19-10-12-20(25)13-11-19/h6-13,15H,3-5,14H2,1-2H3. The number of ketones is 1. The van der Waals surface area contributed by atoms with E-state index in [4.69, 9.17) is 16.3 Å². The fourth-order valence-electron chi connectivity index (χ4n) is 3.77. The van der Waals surface area contributed by atoms with Crippen molar-refractivity contribution in [1.29, 1.82) is 0 Å². The second kappa shape index (κ2) is 8.44. The topological polar surface area (TPSA) is 61.2 Å². The third-order valence-corrected chi connectivity index (χ3v) is 5.78. The number of carbonyl (C=O) groups is 1. The zero-order chi connectivity index (χ0) is 21.3. The summed E-state index contributed by atoms with van der Waals surface area (Å²) in [5.41, 5.74) is 2.59. The molecule has 5 nitrogen and oxygen atoms in total. The van der Waals surface area contributed by atoms with E-state index in [-0.39, 0.29) is 24.0 Å². The van der Waals surface area contributed by atoms with Crippen LogP contribution in [0.15, 0.2) is 53.3 Å². The summed E-state index contributed by atoms with van der Waals surface area (Å²) < 4.78 is 7.67. The summed E-state index contributed by atoms with van der Waals surface area (Å²) in [7, 11) is 0. The third kappa shape index (κ3) is 4.03. The van der Waals surface area contributed by atoms with Crippen LogP contribution in [0, 0.1) is 6.92 Å². The van der Waals surface area contributed by atoms with Crippen molar-refractivity contribution in [2.24, 2.45) is 0 Å². The second-order valence-corrected chi connectivity index (χ2v) is 8.13. The molecule has 0 N–H and O–H groups in total. The van der Waals surface area contributed by atoms with Crippen LogP contribution in [0.25, 0.3) is 0 Å². The molecule has 4 rings (SSSR count). The summed E-state index contributed by atoms with van der Waals surface area (Å²) in [5, 5.41) is 0.597. The quantitative estimate of drug-likeness (QED) is 0.548. The Morgan fingerprint density at radius 1 is 1.13 bits per heavy atom. The van der Waals surface area contributed by atoms with Gasteiger partial charge in [-0.05, 0) is 56.5 Å². The predicted molar refractivity (Wildman–Crippen MR) is 117 cm³/mol. The number of fused-ring (bicyclic) bond motifs is 1. The molecule has 2 heterocycles. The molecule has 2 aromatic carbocycles. The lowest BCUT2D eigenvalue weighted by atomic mass is 10.0. The Hall–Kier alpha value is -2.92. The summed E-state index contributed by atoms with van der Waals surface area (Å²) in [6.45, 7) is 4.09. The molecule has 0 radical (unpaired) electrons. The summed E-state index contributed by atoms with van der Waals surface area (Å²) in [6.07, 6.45) is 2.81. The largest absolute Gasteiger partial charge is 0.472 e. The maximum absolute atomic E-state index is 12.7. The van der Waals surface area contributed by atoms with E-state index >= 15 is 0 Å². The van der Waals surface area contributed by atoms with E-state index in [0.717, 1.165) is 30.7 Å². The highest BCUT2D eigenvalue weighted by Gasteiger charge is 2.22. The first-order chi connectivity index (χ1) is 14.4. The molecule has 1 atom stereocenters. The number of halogens is 1. The summed E-state index contributed by atoms with van der Waals surface area (Å²) in [5.74, 6) is 1.12. The number of aryl methyl sites for hydroxylation is 1. The average molecular weight is 423 g/mol. The minimum atomic E-state index is -0.0616. The Labute approximate surface area is 180 Å². The van der Waals surface area contributed by atoms with Crippen molar-refractivity contribution in [1.82, 2.24) is 9.55 Å². The number of rotatable bonds is 5. The number of carbonyl (C=O) groups excluding carboxylic acids is 1. The van der Waals surface area contributed by atoms with Gasteiger partial charge in [0.25, 0.3) is 5.56 Å². The van der Waals surface area contributed by atoms with Crippen LogP contribution in [0.1, 0.15) is 58.7 Å². The van der Waals surface area contributed by atoms with Gasteiger partial charge in [0.1, 0.15) is 12.4 Å². The van der Waals surface area contributed by atoms with Crippen LogP contribution >= 0.6 is 11.6 Å². The molecule has 0 amide bonds. The maximum Gasteiger partial charge on any atom is 0.260 e. The molecule has 0 saturated heterocycles. The normalized spacial score (nSPS) is 15.5. The minimum Gasteiger partial charge on any atom is -0.472 e. The molecule has 6 heteroatoms. The molecular formula is C24H23ClN2O3. The number of nitrogens with zero attached hydrogens (tertiary/aromatic N) is 2. The zero-order valence-corrected chi connectivity index (χ0v) is 17.8. The Kier molecular flexibility index (Phi) is 5.73. The van der Waals surface area contributed by atoms with E-state index in [1.165, 1.54) is 0 Å². The summed E-state index contributed by atoms with van der Waals surface area (Å²) in [4.78, 5) is 29.9. The molecule has 1 aliphatic rings. The molecule has 0 fully saturated rings. The smallest absolute Gasteiger partial charge is 0.260 e. The van der Waals surface area contributed by atoms with E-state index in [2.05, 4.69) is 11.9 Å². The van der Waals surface area contributed by atoms with Gasteiger partial charge in [0.2, 0.25) is 5.88 Å². The SMILES string of the molecule is Cc1c(OCc2ccc(C(=O)c3ccc(Cl)cc3)cc2)nc2n(c1=O)C(C)CCC2. The van der Waals surface area contributed by atoms with Crippen molar-refractivity contribution in [3.05, 3.63) is 92.0 Å². The van der Waals surface area contributed by atoms with Crippen molar-refractivity contribution in [3.63, 3.8) is 0 Å². The fourth-order valence-corrected chi connectivity index (χ4v) is 3.90. The van der Waals surface area contributed by atoms with Crippen LogP contribution in [0.4, 0.5) is 0 Å². The highest BCUT2D eigenvalue weighted by Crippen LogP contribution is 2.24. The Balaban J connectivity index is 1.48. The monoisotopic (exact) mass is 422 g/mol. The van der Waals surface area contributed by atoms with Crippen LogP contribution in [-0.4, -0.2) is 15.3 Å². The number of hydrogen-bond acceptors (Lipinski definition) is 4. The number of hydrogen-bond donors (Lipinski definition) is 0. The van der Waals surface area contributed by atoms with Gasteiger partial charge < -0.3 is 4.74 Å². The first kappa shape index (κ1) is 20.4. The fraction of sp³-hybridized carbons (Fsp3) is 0.292. The van der Waals surface area contributed by atoms with Gasteiger partial charge in [-0.1, -0.05) is 35.9 Å². The molecule has 1 unspecified atom stereocenters. The van der Waals surface area contributed by atoms with Crippen LogP contribution < -0.4 is 10.3 Å². The Morgan fingerprint density at radius 2 is 1.77 bits per heavy atom. The van der Waals surface area contributed by atoms with Crippen molar-refractivity contribution in [2.75, 3.05) is 0 Å². The molecule has 154 valence electrons. The van der Waals surface area contributed by atoms with Crippen LogP contribution in [-0.2, 0) is 13.0 Å². The van der Waals surface area contributed by atoms with E-state index in [0.29, 0.717) is 27.6 Å².